The molecule has 1 radical (unpaired) electrons. The molecule has 0 aromatic carbocycles. The Morgan fingerprint density at radius 3 is 2.33 bits per heavy atom. The molecule has 0 N–H and O–H groups in total. The molecule has 0 spiro atoms. The minimum atomic E-state index is 0.687. The first-order valence-electron chi connectivity index (χ1n) is 4.86. The first-order chi connectivity index (χ1) is 5.81. The van der Waals surface area contributed by atoms with E-state index in [0.717, 1.165) is 11.8 Å². The van der Waals surface area contributed by atoms with Gasteiger partial charge in [-0.1, -0.05) is 19.1 Å². The molecule has 0 aliphatic heterocycles. The summed E-state index contributed by atoms with van der Waals surface area (Å²) in [5, 5.41) is 0. The minimum absolute atomic E-state index is 0.687. The molecular weight excluding hydrogens is 144 g/mol. The molecule has 0 nitrogen and oxygen atoms in total. The van der Waals surface area contributed by atoms with Crippen molar-refractivity contribution in [2.24, 2.45) is 17.8 Å². The summed E-state index contributed by atoms with van der Waals surface area (Å²) in [6.07, 6.45) is 10.4. The molecule has 1 rings (SSSR count). The van der Waals surface area contributed by atoms with Crippen LogP contribution in [0.1, 0.15) is 26.2 Å². The summed E-state index contributed by atoms with van der Waals surface area (Å²) in [4.78, 5) is 0. The summed E-state index contributed by atoms with van der Waals surface area (Å²) < 4.78 is 0. The zero-order chi connectivity index (χ0) is 8.97. The first-order valence-corrected chi connectivity index (χ1v) is 4.86. The molecule has 1 fully saturated rings. The highest BCUT2D eigenvalue weighted by Crippen LogP contribution is 2.36. The lowest BCUT2D eigenvalue weighted by atomic mass is 9.73. The Hall–Kier alpha value is -0.520. The van der Waals surface area contributed by atoms with E-state index in [1.54, 1.807) is 0 Å². The Balaban J connectivity index is 2.52. The van der Waals surface area contributed by atoms with Gasteiger partial charge in [0.15, 0.2) is 0 Å². The van der Waals surface area contributed by atoms with Gasteiger partial charge in [0.05, 0.1) is 0 Å². The maximum absolute atomic E-state index is 3.90. The Kier molecular flexibility index (Phi) is 3.58. The predicted octanol–water partition coefficient (Wildman–Crippen LogP) is 3.62. The Labute approximate surface area is 76.4 Å². The first kappa shape index (κ1) is 9.57. The van der Waals surface area contributed by atoms with Crippen LogP contribution in [0.5, 0.6) is 0 Å². The molecule has 1 saturated carbocycles. The van der Waals surface area contributed by atoms with E-state index in [1.165, 1.54) is 19.3 Å². The molecule has 67 valence electrons. The maximum Gasteiger partial charge on any atom is -0.0200 e. The Bertz CT molecular complexity index is 157. The smallest absolute Gasteiger partial charge is 0.0200 e. The molecule has 0 amide bonds. The van der Waals surface area contributed by atoms with Crippen LogP contribution in [-0.2, 0) is 0 Å². The van der Waals surface area contributed by atoms with E-state index in [0.29, 0.717) is 5.92 Å². The second kappa shape index (κ2) is 4.49. The molecule has 3 atom stereocenters. The van der Waals surface area contributed by atoms with E-state index in [2.05, 4.69) is 38.7 Å². The second-order valence-corrected chi connectivity index (χ2v) is 3.71. The lowest BCUT2D eigenvalue weighted by molar-refractivity contribution is 0.273. The Morgan fingerprint density at radius 2 is 1.83 bits per heavy atom. The van der Waals surface area contributed by atoms with Crippen molar-refractivity contribution in [2.45, 2.75) is 26.2 Å². The van der Waals surface area contributed by atoms with Crippen LogP contribution in [0.2, 0.25) is 0 Å². The summed E-state index contributed by atoms with van der Waals surface area (Å²) in [6, 6.07) is 0. The van der Waals surface area contributed by atoms with Crippen LogP contribution in [0.3, 0.4) is 0 Å². The van der Waals surface area contributed by atoms with Crippen molar-refractivity contribution in [1.82, 2.24) is 0 Å². The fraction of sp³-hybridized carbons (Fsp3) is 0.583. The highest BCUT2D eigenvalue weighted by molar-refractivity contribution is 4.97. The van der Waals surface area contributed by atoms with Crippen molar-refractivity contribution in [2.75, 3.05) is 0 Å². The molecule has 0 bridgehead atoms. The molecule has 12 heavy (non-hydrogen) atoms. The molecule has 0 saturated heterocycles. The maximum atomic E-state index is 3.90. The van der Waals surface area contributed by atoms with Crippen molar-refractivity contribution < 1.29 is 0 Å². The molecule has 0 heteroatoms. The monoisotopic (exact) mass is 163 g/mol. The van der Waals surface area contributed by atoms with Gasteiger partial charge in [-0.15, -0.1) is 13.2 Å². The number of hydrogen-bond donors (Lipinski definition) is 0. The summed E-state index contributed by atoms with van der Waals surface area (Å²) >= 11 is 0. The van der Waals surface area contributed by atoms with Crippen molar-refractivity contribution in [3.8, 4) is 0 Å². The van der Waals surface area contributed by atoms with Crippen LogP contribution in [0.4, 0.5) is 0 Å². The third kappa shape index (κ3) is 2.00. The van der Waals surface area contributed by atoms with Gasteiger partial charge in [0.25, 0.3) is 0 Å². The fourth-order valence-electron chi connectivity index (χ4n) is 2.16. The van der Waals surface area contributed by atoms with Gasteiger partial charge < -0.3 is 0 Å². The van der Waals surface area contributed by atoms with Gasteiger partial charge in [0.1, 0.15) is 0 Å². The molecule has 1 aliphatic rings. The predicted molar refractivity (Wildman–Crippen MR) is 54.7 cm³/mol. The highest BCUT2D eigenvalue weighted by Gasteiger charge is 2.25. The number of hydrogen-bond acceptors (Lipinski definition) is 0. The van der Waals surface area contributed by atoms with Gasteiger partial charge >= 0.3 is 0 Å². The standard InChI is InChI=1S/C12H19/c1-4-10-7-8-11(5-2)12(6-3)9-10/h4-6,10-12H,1,3,7-9H2,2H3. The fourth-order valence-corrected chi connectivity index (χ4v) is 2.16. The average Bonchev–Trinajstić information content (AvgIpc) is 2.16. The molecule has 1 aliphatic carbocycles. The lowest BCUT2D eigenvalue weighted by Crippen LogP contribution is -2.22. The molecule has 0 heterocycles. The lowest BCUT2D eigenvalue weighted by Gasteiger charge is -2.32. The second-order valence-electron chi connectivity index (χ2n) is 3.71. The van der Waals surface area contributed by atoms with Gasteiger partial charge in [0.2, 0.25) is 0 Å². The summed E-state index contributed by atoms with van der Waals surface area (Å²) in [5.41, 5.74) is 0. The highest BCUT2D eigenvalue weighted by atomic mass is 14.3. The van der Waals surface area contributed by atoms with Crippen LogP contribution in [-0.4, -0.2) is 0 Å². The molecule has 0 aromatic heterocycles. The van der Waals surface area contributed by atoms with E-state index in [9.17, 15) is 0 Å². The average molecular weight is 163 g/mol. The largest absolute Gasteiger partial charge is 0.103 e. The Morgan fingerprint density at radius 1 is 1.08 bits per heavy atom. The van der Waals surface area contributed by atoms with E-state index in [4.69, 9.17) is 0 Å². The van der Waals surface area contributed by atoms with Crippen LogP contribution in [0, 0.1) is 24.2 Å². The van der Waals surface area contributed by atoms with E-state index < -0.39 is 0 Å². The van der Waals surface area contributed by atoms with Crippen molar-refractivity contribution in [3.63, 3.8) is 0 Å². The summed E-state index contributed by atoms with van der Waals surface area (Å²) in [7, 11) is 0. The van der Waals surface area contributed by atoms with Crippen LogP contribution >= 0.6 is 0 Å². The van der Waals surface area contributed by atoms with Gasteiger partial charge in [-0.3, -0.25) is 0 Å². The van der Waals surface area contributed by atoms with Crippen molar-refractivity contribution in [3.05, 3.63) is 31.7 Å². The molecule has 0 aromatic rings. The SMILES string of the molecule is C=CC1CCC([CH]C)C(C=C)C1. The zero-order valence-corrected chi connectivity index (χ0v) is 8.00. The molecule has 3 unspecified atom stereocenters. The van der Waals surface area contributed by atoms with Crippen molar-refractivity contribution in [1.29, 1.82) is 0 Å². The molecular formula is C12H19. The van der Waals surface area contributed by atoms with E-state index >= 15 is 0 Å². The summed E-state index contributed by atoms with van der Waals surface area (Å²) in [5.74, 6) is 2.18. The summed E-state index contributed by atoms with van der Waals surface area (Å²) in [6.45, 7) is 9.92. The quantitative estimate of drug-likeness (QED) is 0.557. The third-order valence-electron chi connectivity index (χ3n) is 3.06. The van der Waals surface area contributed by atoms with Gasteiger partial charge in [-0.2, -0.15) is 0 Å². The van der Waals surface area contributed by atoms with Gasteiger partial charge in [-0.05, 0) is 43.4 Å². The van der Waals surface area contributed by atoms with Crippen LogP contribution < -0.4 is 0 Å². The normalized spacial score (nSPS) is 35.9. The number of rotatable bonds is 3. The zero-order valence-electron chi connectivity index (χ0n) is 8.00. The van der Waals surface area contributed by atoms with Crippen LogP contribution in [0.15, 0.2) is 25.3 Å². The third-order valence-corrected chi connectivity index (χ3v) is 3.06. The number of allylic oxidation sites excluding steroid dienone is 2. The van der Waals surface area contributed by atoms with Gasteiger partial charge in [-0.25, -0.2) is 0 Å². The topological polar surface area (TPSA) is 0 Å². The van der Waals surface area contributed by atoms with E-state index in [1.807, 2.05) is 0 Å². The minimum Gasteiger partial charge on any atom is -0.103 e. The van der Waals surface area contributed by atoms with Gasteiger partial charge in [0, 0.05) is 0 Å². The van der Waals surface area contributed by atoms with E-state index in [-0.39, 0.29) is 0 Å². The van der Waals surface area contributed by atoms with Crippen LogP contribution in [0.25, 0.3) is 0 Å². The van der Waals surface area contributed by atoms with Crippen molar-refractivity contribution >= 4 is 0 Å².